The molecule has 0 rings (SSSR count). The van der Waals surface area contributed by atoms with Gasteiger partial charge in [0.05, 0.1) is 6.54 Å². The van der Waals surface area contributed by atoms with Crippen LogP contribution in [0.4, 0.5) is 0 Å². The molecule has 0 unspecified atom stereocenters. The molecule has 0 amide bonds. The van der Waals surface area contributed by atoms with Gasteiger partial charge in [-0.3, -0.25) is 0 Å². The minimum atomic E-state index is 0. The molecule has 0 radical (unpaired) electrons. The number of thioether (sulfide) groups is 1. The van der Waals surface area contributed by atoms with Crippen molar-refractivity contribution < 1.29 is 0 Å². The van der Waals surface area contributed by atoms with Crippen LogP contribution in [0.2, 0.25) is 0 Å². The van der Waals surface area contributed by atoms with Crippen molar-refractivity contribution >= 4 is 41.7 Å². The highest BCUT2D eigenvalue weighted by molar-refractivity contribution is 14.0. The summed E-state index contributed by atoms with van der Waals surface area (Å²) in [4.78, 5) is 4.10. The van der Waals surface area contributed by atoms with Crippen LogP contribution in [0.15, 0.2) is 17.1 Å². The molecule has 0 fully saturated rings. The van der Waals surface area contributed by atoms with E-state index in [1.165, 1.54) is 0 Å². The van der Waals surface area contributed by atoms with Gasteiger partial charge in [-0.15, -0.1) is 24.0 Å². The first-order valence-electron chi connectivity index (χ1n) is 4.34. The van der Waals surface area contributed by atoms with Crippen LogP contribution in [-0.4, -0.2) is 31.1 Å². The zero-order valence-corrected chi connectivity index (χ0v) is 12.0. The fraction of sp³-hybridized carbons (Fsp3) is 0.667. The third-order valence-electron chi connectivity index (χ3n) is 1.35. The molecule has 0 aliphatic carbocycles. The number of nitrogens with zero attached hydrogens (tertiary/aromatic N) is 1. The zero-order chi connectivity index (χ0) is 10.1. The van der Waals surface area contributed by atoms with Crippen LogP contribution >= 0.6 is 35.7 Å². The van der Waals surface area contributed by atoms with Gasteiger partial charge in [0.1, 0.15) is 0 Å². The Labute approximate surface area is 108 Å². The van der Waals surface area contributed by atoms with E-state index in [4.69, 9.17) is 5.73 Å². The summed E-state index contributed by atoms with van der Waals surface area (Å²) in [6.45, 7) is 7.19. The third kappa shape index (κ3) is 12.1. The summed E-state index contributed by atoms with van der Waals surface area (Å²) in [6, 6.07) is 0. The van der Waals surface area contributed by atoms with Gasteiger partial charge in [0.25, 0.3) is 0 Å². The molecule has 0 aliphatic heterocycles. The van der Waals surface area contributed by atoms with E-state index in [0.717, 1.165) is 24.3 Å². The topological polar surface area (TPSA) is 50.4 Å². The highest BCUT2D eigenvalue weighted by Gasteiger charge is 1.90. The van der Waals surface area contributed by atoms with Gasteiger partial charge in [0.15, 0.2) is 5.96 Å². The highest BCUT2D eigenvalue weighted by atomic mass is 127. The van der Waals surface area contributed by atoms with Crippen LogP contribution in [0.1, 0.15) is 13.3 Å². The van der Waals surface area contributed by atoms with Crippen molar-refractivity contribution in [3.8, 4) is 0 Å². The van der Waals surface area contributed by atoms with Crippen LogP contribution in [0.25, 0.3) is 0 Å². The number of halogens is 1. The SMILES string of the molecule is C=C(C)CN=C(N)NCCCSC.I. The Morgan fingerprint density at radius 2 is 2.21 bits per heavy atom. The fourth-order valence-corrected chi connectivity index (χ4v) is 1.14. The largest absolute Gasteiger partial charge is 0.370 e. The minimum absolute atomic E-state index is 0. The molecule has 84 valence electrons. The van der Waals surface area contributed by atoms with Crippen LogP contribution < -0.4 is 11.1 Å². The van der Waals surface area contributed by atoms with Crippen LogP contribution in [-0.2, 0) is 0 Å². The minimum Gasteiger partial charge on any atom is -0.370 e. The van der Waals surface area contributed by atoms with Gasteiger partial charge < -0.3 is 11.1 Å². The molecule has 0 bridgehead atoms. The van der Waals surface area contributed by atoms with E-state index in [9.17, 15) is 0 Å². The molecule has 0 saturated heterocycles. The van der Waals surface area contributed by atoms with E-state index < -0.39 is 0 Å². The molecule has 3 N–H and O–H groups in total. The quantitative estimate of drug-likeness (QED) is 0.257. The normalized spacial score (nSPS) is 10.6. The van der Waals surface area contributed by atoms with Gasteiger partial charge in [0.2, 0.25) is 0 Å². The second-order valence-corrected chi connectivity index (χ2v) is 3.92. The number of nitrogens with one attached hydrogen (secondary N) is 1. The predicted molar refractivity (Wildman–Crippen MR) is 77.7 cm³/mol. The molecule has 0 spiro atoms. The maximum Gasteiger partial charge on any atom is 0.188 e. The summed E-state index contributed by atoms with van der Waals surface area (Å²) < 4.78 is 0. The second kappa shape index (κ2) is 11.2. The van der Waals surface area contributed by atoms with Crippen molar-refractivity contribution in [1.82, 2.24) is 5.32 Å². The lowest BCUT2D eigenvalue weighted by Crippen LogP contribution is -2.32. The average molecular weight is 329 g/mol. The maximum atomic E-state index is 5.60. The van der Waals surface area contributed by atoms with Gasteiger partial charge in [0, 0.05) is 6.54 Å². The Morgan fingerprint density at radius 1 is 1.57 bits per heavy atom. The van der Waals surface area contributed by atoms with Crippen LogP contribution in [0.3, 0.4) is 0 Å². The lowest BCUT2D eigenvalue weighted by atomic mass is 10.4. The zero-order valence-electron chi connectivity index (χ0n) is 8.88. The fourth-order valence-electron chi connectivity index (χ4n) is 0.709. The smallest absolute Gasteiger partial charge is 0.188 e. The Bertz CT molecular complexity index is 183. The molecule has 0 aliphatic rings. The number of aliphatic imine (C=N–C) groups is 1. The molecule has 0 aromatic rings. The Kier molecular flexibility index (Phi) is 13.2. The molecule has 5 heteroatoms. The molecule has 0 aromatic carbocycles. The predicted octanol–water partition coefficient (Wildman–Crippen LogP) is 1.84. The van der Waals surface area contributed by atoms with Crippen molar-refractivity contribution in [2.75, 3.05) is 25.1 Å². The van der Waals surface area contributed by atoms with Gasteiger partial charge in [-0.25, -0.2) is 4.99 Å². The summed E-state index contributed by atoms with van der Waals surface area (Å²) in [5.74, 6) is 1.67. The van der Waals surface area contributed by atoms with Crippen LogP contribution in [0, 0.1) is 0 Å². The summed E-state index contributed by atoms with van der Waals surface area (Å²) in [6.07, 6.45) is 3.21. The van der Waals surface area contributed by atoms with Gasteiger partial charge >= 0.3 is 0 Å². The maximum absolute atomic E-state index is 5.60. The van der Waals surface area contributed by atoms with E-state index >= 15 is 0 Å². The monoisotopic (exact) mass is 329 g/mol. The van der Waals surface area contributed by atoms with E-state index in [1.54, 1.807) is 0 Å². The van der Waals surface area contributed by atoms with Gasteiger partial charge in [-0.1, -0.05) is 12.2 Å². The number of hydrogen-bond donors (Lipinski definition) is 2. The molecule has 0 heterocycles. The molecular formula is C9H20IN3S. The number of hydrogen-bond acceptors (Lipinski definition) is 2. The van der Waals surface area contributed by atoms with Crippen molar-refractivity contribution in [1.29, 1.82) is 0 Å². The standard InChI is InChI=1S/C9H19N3S.HI/c1-8(2)7-12-9(10)11-5-4-6-13-3;/h1,4-7H2,2-3H3,(H3,10,11,12);1H. The average Bonchev–Trinajstić information content (AvgIpc) is 2.09. The Morgan fingerprint density at radius 3 is 2.71 bits per heavy atom. The first-order chi connectivity index (χ1) is 6.16. The summed E-state index contributed by atoms with van der Waals surface area (Å²) in [7, 11) is 0. The van der Waals surface area contributed by atoms with Gasteiger partial charge in [-0.05, 0) is 25.4 Å². The molecule has 0 atom stereocenters. The van der Waals surface area contributed by atoms with Crippen molar-refractivity contribution in [3.05, 3.63) is 12.2 Å². The summed E-state index contributed by atoms with van der Waals surface area (Å²) in [5.41, 5.74) is 6.62. The lowest BCUT2D eigenvalue weighted by Gasteiger charge is -2.04. The van der Waals surface area contributed by atoms with Crippen molar-refractivity contribution in [2.24, 2.45) is 10.7 Å². The van der Waals surface area contributed by atoms with E-state index in [0.29, 0.717) is 12.5 Å². The second-order valence-electron chi connectivity index (χ2n) is 2.93. The first kappa shape index (κ1) is 16.5. The third-order valence-corrected chi connectivity index (χ3v) is 2.05. The molecule has 0 aromatic heterocycles. The Balaban J connectivity index is 0. The van der Waals surface area contributed by atoms with E-state index in [-0.39, 0.29) is 24.0 Å². The first-order valence-corrected chi connectivity index (χ1v) is 5.73. The van der Waals surface area contributed by atoms with E-state index in [2.05, 4.69) is 23.1 Å². The number of rotatable bonds is 6. The molecule has 14 heavy (non-hydrogen) atoms. The summed E-state index contributed by atoms with van der Waals surface area (Å²) >= 11 is 1.84. The molecule has 3 nitrogen and oxygen atoms in total. The van der Waals surface area contributed by atoms with Crippen molar-refractivity contribution in [3.63, 3.8) is 0 Å². The van der Waals surface area contributed by atoms with Gasteiger partial charge in [-0.2, -0.15) is 11.8 Å². The summed E-state index contributed by atoms with van der Waals surface area (Å²) in [5, 5.41) is 3.05. The van der Waals surface area contributed by atoms with Crippen molar-refractivity contribution in [2.45, 2.75) is 13.3 Å². The van der Waals surface area contributed by atoms with E-state index in [1.807, 2.05) is 18.7 Å². The number of nitrogens with two attached hydrogens (primary N) is 1. The van der Waals surface area contributed by atoms with Crippen LogP contribution in [0.5, 0.6) is 0 Å². The molecular weight excluding hydrogens is 309 g/mol. The molecule has 0 saturated carbocycles. The Hall–Kier alpha value is 0.0900. The number of guanidine groups is 1. The highest BCUT2D eigenvalue weighted by Crippen LogP contribution is 1.93. The lowest BCUT2D eigenvalue weighted by molar-refractivity contribution is 0.836.